The first-order valence-corrected chi connectivity index (χ1v) is 19.2. The Kier molecular flexibility index (Phi) is 9.46. The molecular formula is C37H43F3N6O7S. The standard InChI is InChI=1S/C37H43F3N6O7S/c1-20-6-7-27(29(35(4,5)34(48)49)26-8-11-46-31(22(26)3)43-44-33(46)37(38,39)40)23(14-20)18-45-19-36(9-12-52-13-10-36)53-32-28(54(45,50)51)15-21(2)30(42-32)41-24-16-25(47)17-24/h6-8,11,14-15,24-25,29,47H,9-10,12-13,16-19H2,1-5H3,(H,41,42)(H,48,49). The molecule has 1 spiro atoms. The number of benzene rings is 1. The van der Waals surface area contributed by atoms with Crippen molar-refractivity contribution in [3.8, 4) is 5.88 Å². The number of halogens is 3. The monoisotopic (exact) mass is 772 g/mol. The van der Waals surface area contributed by atoms with Crippen LogP contribution in [0.25, 0.3) is 5.65 Å². The summed E-state index contributed by atoms with van der Waals surface area (Å²) in [4.78, 5) is 17.6. The van der Waals surface area contributed by atoms with Crippen molar-refractivity contribution < 1.29 is 46.1 Å². The van der Waals surface area contributed by atoms with Gasteiger partial charge in [0.1, 0.15) is 16.3 Å². The van der Waals surface area contributed by atoms with E-state index in [1.54, 1.807) is 32.0 Å². The summed E-state index contributed by atoms with van der Waals surface area (Å²) in [6.07, 6.45) is -2.11. The quantitative estimate of drug-likeness (QED) is 0.210. The molecule has 0 bridgehead atoms. The van der Waals surface area contributed by atoms with E-state index in [-0.39, 0.29) is 35.6 Å². The van der Waals surface area contributed by atoms with Gasteiger partial charge in [0, 0.05) is 37.5 Å². The highest BCUT2D eigenvalue weighted by molar-refractivity contribution is 7.89. The number of fused-ring (bicyclic) bond motifs is 2. The van der Waals surface area contributed by atoms with Gasteiger partial charge in [0.15, 0.2) is 5.65 Å². The van der Waals surface area contributed by atoms with Gasteiger partial charge in [0.25, 0.3) is 0 Å². The van der Waals surface area contributed by atoms with Crippen LogP contribution in [0.5, 0.6) is 5.88 Å². The fraction of sp³-hybridized carbons (Fsp3) is 0.514. The lowest BCUT2D eigenvalue weighted by Gasteiger charge is -2.38. The molecule has 3 N–H and O–H groups in total. The molecule has 0 radical (unpaired) electrons. The van der Waals surface area contributed by atoms with Crippen LogP contribution in [0.4, 0.5) is 19.0 Å². The number of sulfonamides is 1. The molecule has 17 heteroatoms. The average molecular weight is 773 g/mol. The summed E-state index contributed by atoms with van der Waals surface area (Å²) in [5.41, 5.74) is 0.509. The van der Waals surface area contributed by atoms with Crippen LogP contribution in [0.3, 0.4) is 0 Å². The molecule has 290 valence electrons. The van der Waals surface area contributed by atoms with Crippen LogP contribution in [0.15, 0.2) is 41.4 Å². The van der Waals surface area contributed by atoms with Gasteiger partial charge in [0.2, 0.25) is 21.7 Å². The normalized spacial score (nSPS) is 21.9. The first kappa shape index (κ1) is 38.0. The van der Waals surface area contributed by atoms with Gasteiger partial charge in [-0.1, -0.05) is 23.8 Å². The van der Waals surface area contributed by atoms with Gasteiger partial charge in [-0.2, -0.15) is 22.5 Å². The first-order valence-electron chi connectivity index (χ1n) is 17.8. The highest BCUT2D eigenvalue weighted by atomic mass is 32.2. The highest BCUT2D eigenvalue weighted by Gasteiger charge is 2.47. The molecule has 7 rings (SSSR count). The zero-order valence-electron chi connectivity index (χ0n) is 30.6. The molecule has 3 aliphatic rings. The predicted molar refractivity (Wildman–Crippen MR) is 190 cm³/mol. The van der Waals surface area contributed by atoms with E-state index in [1.807, 2.05) is 13.0 Å². The summed E-state index contributed by atoms with van der Waals surface area (Å²) >= 11 is 0. The van der Waals surface area contributed by atoms with Crippen LogP contribution >= 0.6 is 0 Å². The van der Waals surface area contributed by atoms with E-state index in [4.69, 9.17) is 14.5 Å². The maximum absolute atomic E-state index is 14.8. The number of ether oxygens (including phenoxy) is 2. The van der Waals surface area contributed by atoms with E-state index >= 15 is 0 Å². The maximum Gasteiger partial charge on any atom is 0.452 e. The molecule has 54 heavy (non-hydrogen) atoms. The van der Waals surface area contributed by atoms with Crippen molar-refractivity contribution in [1.29, 1.82) is 0 Å². The molecule has 5 heterocycles. The van der Waals surface area contributed by atoms with Gasteiger partial charge < -0.3 is 25.0 Å². The Morgan fingerprint density at radius 1 is 1.07 bits per heavy atom. The van der Waals surface area contributed by atoms with Crippen LogP contribution < -0.4 is 10.1 Å². The van der Waals surface area contributed by atoms with Crippen LogP contribution in [0.2, 0.25) is 0 Å². The third-order valence-corrected chi connectivity index (χ3v) is 12.8. The second-order valence-corrected chi connectivity index (χ2v) is 17.3. The van der Waals surface area contributed by atoms with Crippen molar-refractivity contribution in [3.05, 3.63) is 75.7 Å². The van der Waals surface area contributed by atoms with Gasteiger partial charge in [0.05, 0.1) is 31.3 Å². The number of aliphatic carboxylic acids is 1. The molecule has 13 nitrogen and oxygen atoms in total. The Morgan fingerprint density at radius 3 is 2.43 bits per heavy atom. The zero-order chi connectivity index (χ0) is 39.0. The smallest absolute Gasteiger partial charge is 0.452 e. The van der Waals surface area contributed by atoms with Crippen LogP contribution in [-0.4, -0.2) is 86.0 Å². The number of aromatic nitrogens is 4. The van der Waals surface area contributed by atoms with E-state index < -0.39 is 51.0 Å². The number of carboxylic acids is 1. The highest BCUT2D eigenvalue weighted by Crippen LogP contribution is 2.46. The van der Waals surface area contributed by atoms with E-state index in [9.17, 15) is 36.6 Å². The third-order valence-electron chi connectivity index (χ3n) is 11.1. The molecule has 4 aromatic rings. The molecule has 1 unspecified atom stereocenters. The van der Waals surface area contributed by atoms with Crippen LogP contribution in [-0.2, 0) is 32.3 Å². The zero-order valence-corrected chi connectivity index (χ0v) is 31.4. The first-order chi connectivity index (χ1) is 25.3. The fourth-order valence-corrected chi connectivity index (χ4v) is 9.44. The number of nitrogens with one attached hydrogen (secondary N) is 1. The van der Waals surface area contributed by atoms with Gasteiger partial charge in [-0.25, -0.2) is 8.42 Å². The number of aryl methyl sites for hydroxylation is 3. The second kappa shape index (κ2) is 13.5. The lowest BCUT2D eigenvalue weighted by atomic mass is 9.69. The maximum atomic E-state index is 14.8. The Morgan fingerprint density at radius 2 is 1.78 bits per heavy atom. The molecule has 1 saturated heterocycles. The minimum atomic E-state index is -4.77. The average Bonchev–Trinajstić information content (AvgIpc) is 3.50. The topological polar surface area (TPSA) is 168 Å². The summed E-state index contributed by atoms with van der Waals surface area (Å²) in [5, 5.41) is 30.9. The fourth-order valence-electron chi connectivity index (χ4n) is 7.82. The summed E-state index contributed by atoms with van der Waals surface area (Å²) in [6.45, 7) is 8.71. The Labute approximate surface area is 310 Å². The predicted octanol–water partition coefficient (Wildman–Crippen LogP) is 5.38. The Balaban J connectivity index is 1.35. The van der Waals surface area contributed by atoms with E-state index in [2.05, 4.69) is 15.5 Å². The summed E-state index contributed by atoms with van der Waals surface area (Å²) in [7, 11) is -4.29. The number of anilines is 1. The molecule has 1 aromatic carbocycles. The molecule has 0 amide bonds. The number of hydrogen-bond acceptors (Lipinski definition) is 10. The van der Waals surface area contributed by atoms with Crippen molar-refractivity contribution in [3.63, 3.8) is 0 Å². The number of carboxylic acid groups (broad SMARTS) is 1. The minimum Gasteiger partial charge on any atom is -0.481 e. The number of aliphatic hydroxyl groups excluding tert-OH is 1. The molecule has 1 saturated carbocycles. The lowest BCUT2D eigenvalue weighted by Crippen LogP contribution is -2.50. The number of rotatable bonds is 8. The van der Waals surface area contributed by atoms with Crippen molar-refractivity contribution in [1.82, 2.24) is 23.9 Å². The van der Waals surface area contributed by atoms with E-state index in [1.165, 1.54) is 30.4 Å². The number of pyridine rings is 2. The van der Waals surface area contributed by atoms with E-state index in [0.717, 1.165) is 9.96 Å². The second-order valence-electron chi connectivity index (χ2n) is 15.4. The number of hydrogen-bond donors (Lipinski definition) is 3. The lowest BCUT2D eigenvalue weighted by molar-refractivity contribution is -0.147. The van der Waals surface area contributed by atoms with Gasteiger partial charge >= 0.3 is 12.1 Å². The Hall–Kier alpha value is -4.32. The largest absolute Gasteiger partial charge is 0.481 e. The van der Waals surface area contributed by atoms with Crippen LogP contribution in [0, 0.1) is 26.2 Å². The summed E-state index contributed by atoms with van der Waals surface area (Å²) < 4.78 is 85.3. The molecule has 1 atom stereocenters. The molecule has 2 fully saturated rings. The minimum absolute atomic E-state index is 0.0105. The number of alkyl halides is 3. The van der Waals surface area contributed by atoms with Crippen LogP contribution in [0.1, 0.15) is 84.7 Å². The van der Waals surface area contributed by atoms with Gasteiger partial charge in [-0.15, -0.1) is 10.2 Å². The van der Waals surface area contributed by atoms with Crippen molar-refractivity contribution >= 4 is 27.5 Å². The molecule has 1 aliphatic carbocycles. The summed E-state index contributed by atoms with van der Waals surface area (Å²) in [5.74, 6) is -2.89. The number of carbonyl (C=O) groups is 1. The SMILES string of the molecule is Cc1ccc(C(c2ccn3c(C(F)(F)F)nnc3c2C)C(C)(C)C(=O)O)c(CN2CC3(CCOCC3)Oc3nc(NC4CC(O)C4)c(C)cc3S2(=O)=O)c1. The van der Waals surface area contributed by atoms with Gasteiger partial charge in [-0.3, -0.25) is 9.20 Å². The third kappa shape index (κ3) is 6.68. The number of nitrogens with zero attached hydrogens (tertiary/aromatic N) is 5. The molecular weight excluding hydrogens is 730 g/mol. The molecule has 2 aliphatic heterocycles. The molecule has 3 aromatic heterocycles. The van der Waals surface area contributed by atoms with Crippen molar-refractivity contribution in [2.45, 2.75) is 102 Å². The van der Waals surface area contributed by atoms with E-state index in [0.29, 0.717) is 72.5 Å². The van der Waals surface area contributed by atoms with Crippen molar-refractivity contribution in [2.75, 3.05) is 25.1 Å². The number of aliphatic hydroxyl groups is 1. The Bertz CT molecular complexity index is 2230. The van der Waals surface area contributed by atoms with Gasteiger partial charge in [-0.05, 0) is 87.4 Å². The van der Waals surface area contributed by atoms with Crippen molar-refractivity contribution in [2.24, 2.45) is 5.41 Å². The summed E-state index contributed by atoms with van der Waals surface area (Å²) in [6, 6.07) is 8.36.